The van der Waals surface area contributed by atoms with E-state index < -0.39 is 12.0 Å². The lowest BCUT2D eigenvalue weighted by molar-refractivity contribution is -0.124. The van der Waals surface area contributed by atoms with E-state index in [-0.39, 0.29) is 0 Å². The molecule has 0 spiro atoms. The lowest BCUT2D eigenvalue weighted by Crippen LogP contribution is -2.33. The van der Waals surface area contributed by atoms with Crippen LogP contribution in [-0.4, -0.2) is 22.9 Å². The van der Waals surface area contributed by atoms with Crippen molar-refractivity contribution in [3.8, 4) is 5.75 Å². The van der Waals surface area contributed by atoms with Crippen LogP contribution in [-0.2, 0) is 4.79 Å². The SMILES string of the molecule is CCC(Oc1cccc(/C(C)=N/O)c1)C(N)=O. The molecule has 0 saturated heterocycles. The fraction of sp³-hybridized carbons (Fsp3) is 0.333. The van der Waals surface area contributed by atoms with Crippen molar-refractivity contribution < 1.29 is 14.7 Å². The van der Waals surface area contributed by atoms with Gasteiger partial charge in [0.1, 0.15) is 5.75 Å². The van der Waals surface area contributed by atoms with Crippen molar-refractivity contribution in [2.24, 2.45) is 10.9 Å². The molecule has 1 unspecified atom stereocenters. The molecular weight excluding hydrogens is 220 g/mol. The van der Waals surface area contributed by atoms with Crippen molar-refractivity contribution in [1.82, 2.24) is 0 Å². The van der Waals surface area contributed by atoms with Gasteiger partial charge in [0.2, 0.25) is 0 Å². The molecule has 3 N–H and O–H groups in total. The third-order valence-corrected chi connectivity index (χ3v) is 2.37. The van der Waals surface area contributed by atoms with Crippen LogP contribution in [0.4, 0.5) is 0 Å². The number of benzene rings is 1. The average Bonchev–Trinajstić information content (AvgIpc) is 2.34. The quantitative estimate of drug-likeness (QED) is 0.462. The normalized spacial score (nSPS) is 13.2. The van der Waals surface area contributed by atoms with Crippen LogP contribution in [0, 0.1) is 0 Å². The van der Waals surface area contributed by atoms with E-state index in [1.165, 1.54) is 0 Å². The molecule has 1 amide bonds. The van der Waals surface area contributed by atoms with Crippen molar-refractivity contribution in [3.05, 3.63) is 29.8 Å². The maximum absolute atomic E-state index is 11.0. The highest BCUT2D eigenvalue weighted by Gasteiger charge is 2.14. The van der Waals surface area contributed by atoms with Crippen molar-refractivity contribution in [2.45, 2.75) is 26.4 Å². The number of ether oxygens (including phenoxy) is 1. The predicted octanol–water partition coefficient (Wildman–Crippen LogP) is 1.53. The molecule has 1 rings (SSSR count). The Hall–Kier alpha value is -2.04. The monoisotopic (exact) mass is 236 g/mol. The molecule has 0 aliphatic rings. The second-order valence-corrected chi connectivity index (χ2v) is 3.63. The number of carbonyl (C=O) groups is 1. The van der Waals surface area contributed by atoms with Crippen LogP contribution in [0.5, 0.6) is 5.75 Å². The number of amides is 1. The molecule has 1 aromatic rings. The summed E-state index contributed by atoms with van der Waals surface area (Å²) in [6, 6.07) is 6.96. The van der Waals surface area contributed by atoms with Crippen molar-refractivity contribution in [3.63, 3.8) is 0 Å². The largest absolute Gasteiger partial charge is 0.481 e. The van der Waals surface area contributed by atoms with Crippen LogP contribution in [0.1, 0.15) is 25.8 Å². The summed E-state index contributed by atoms with van der Waals surface area (Å²) in [5, 5.41) is 11.8. The van der Waals surface area contributed by atoms with E-state index in [1.807, 2.05) is 6.92 Å². The summed E-state index contributed by atoms with van der Waals surface area (Å²) >= 11 is 0. The van der Waals surface area contributed by atoms with Gasteiger partial charge in [-0.15, -0.1) is 0 Å². The Balaban J connectivity index is 2.89. The third kappa shape index (κ3) is 3.48. The Morgan fingerprint density at radius 3 is 2.82 bits per heavy atom. The minimum absolute atomic E-state index is 0.475. The highest BCUT2D eigenvalue weighted by Crippen LogP contribution is 2.16. The second-order valence-electron chi connectivity index (χ2n) is 3.63. The first-order valence-corrected chi connectivity index (χ1v) is 5.33. The first kappa shape index (κ1) is 13.0. The third-order valence-electron chi connectivity index (χ3n) is 2.37. The van der Waals surface area contributed by atoms with Gasteiger partial charge in [0.25, 0.3) is 5.91 Å². The minimum atomic E-state index is -0.642. The molecule has 0 heterocycles. The van der Waals surface area contributed by atoms with E-state index in [9.17, 15) is 4.79 Å². The molecule has 0 radical (unpaired) electrons. The Labute approximate surface area is 99.9 Å². The number of carbonyl (C=O) groups excluding carboxylic acids is 1. The van der Waals surface area contributed by atoms with E-state index in [4.69, 9.17) is 15.7 Å². The molecule has 1 aromatic carbocycles. The number of nitrogens with zero attached hydrogens (tertiary/aromatic N) is 1. The molecule has 5 nitrogen and oxygen atoms in total. The van der Waals surface area contributed by atoms with Crippen LogP contribution in [0.25, 0.3) is 0 Å². The van der Waals surface area contributed by atoms with Gasteiger partial charge in [-0.05, 0) is 25.5 Å². The standard InChI is InChI=1S/C12H16N2O3/c1-3-11(12(13)15)17-10-6-4-5-9(7-10)8(2)14-16/h4-7,11,16H,3H2,1-2H3,(H2,13,15)/b14-8+. The molecule has 0 aromatic heterocycles. The molecule has 17 heavy (non-hydrogen) atoms. The smallest absolute Gasteiger partial charge is 0.258 e. The highest BCUT2D eigenvalue weighted by atomic mass is 16.5. The topological polar surface area (TPSA) is 84.9 Å². The zero-order valence-electron chi connectivity index (χ0n) is 9.88. The van der Waals surface area contributed by atoms with E-state index in [0.717, 1.165) is 5.56 Å². The van der Waals surface area contributed by atoms with Gasteiger partial charge >= 0.3 is 0 Å². The van der Waals surface area contributed by atoms with Gasteiger partial charge in [-0.25, -0.2) is 0 Å². The number of primary amides is 1. The summed E-state index contributed by atoms with van der Waals surface area (Å²) in [6.45, 7) is 3.49. The molecule has 0 bridgehead atoms. The average molecular weight is 236 g/mol. The number of hydrogen-bond donors (Lipinski definition) is 2. The Kier molecular flexibility index (Phi) is 4.51. The van der Waals surface area contributed by atoms with Gasteiger partial charge in [-0.2, -0.15) is 0 Å². The van der Waals surface area contributed by atoms with Crippen LogP contribution < -0.4 is 10.5 Å². The first-order valence-electron chi connectivity index (χ1n) is 5.33. The summed E-state index contributed by atoms with van der Waals surface area (Å²) in [6.07, 6.45) is -0.135. The summed E-state index contributed by atoms with van der Waals surface area (Å²) in [7, 11) is 0. The number of nitrogens with two attached hydrogens (primary N) is 1. The van der Waals surface area contributed by atoms with Crippen molar-refractivity contribution >= 4 is 11.6 Å². The molecule has 0 aliphatic carbocycles. The molecule has 92 valence electrons. The highest BCUT2D eigenvalue weighted by molar-refractivity contribution is 5.98. The van der Waals surface area contributed by atoms with Gasteiger partial charge in [0.15, 0.2) is 6.10 Å². The lowest BCUT2D eigenvalue weighted by Gasteiger charge is -2.14. The zero-order valence-corrected chi connectivity index (χ0v) is 9.88. The number of rotatable bonds is 5. The number of oxime groups is 1. The van der Waals surface area contributed by atoms with E-state index in [2.05, 4.69) is 5.16 Å². The van der Waals surface area contributed by atoms with E-state index in [0.29, 0.717) is 17.9 Å². The van der Waals surface area contributed by atoms with Crippen LogP contribution >= 0.6 is 0 Å². The molecule has 1 atom stereocenters. The second kappa shape index (κ2) is 5.89. The van der Waals surface area contributed by atoms with E-state index in [1.54, 1.807) is 31.2 Å². The molecule has 0 aliphatic heterocycles. The van der Waals surface area contributed by atoms with Gasteiger partial charge in [-0.3, -0.25) is 4.79 Å². The zero-order chi connectivity index (χ0) is 12.8. The van der Waals surface area contributed by atoms with Gasteiger partial charge in [0, 0.05) is 5.56 Å². The molecule has 5 heteroatoms. The summed E-state index contributed by atoms with van der Waals surface area (Å²) in [5.41, 5.74) is 6.39. The fourth-order valence-corrected chi connectivity index (χ4v) is 1.36. The lowest BCUT2D eigenvalue weighted by atomic mass is 10.1. The number of hydrogen-bond acceptors (Lipinski definition) is 4. The Bertz CT molecular complexity index is 430. The summed E-state index contributed by atoms with van der Waals surface area (Å²) in [5.74, 6) is 0.0293. The molecule has 0 saturated carbocycles. The van der Waals surface area contributed by atoms with Crippen LogP contribution in [0.15, 0.2) is 29.4 Å². The molecular formula is C12H16N2O3. The maximum Gasteiger partial charge on any atom is 0.258 e. The predicted molar refractivity (Wildman–Crippen MR) is 64.3 cm³/mol. The Morgan fingerprint density at radius 2 is 2.29 bits per heavy atom. The van der Waals surface area contributed by atoms with Crippen LogP contribution in [0.2, 0.25) is 0 Å². The summed E-state index contributed by atoms with van der Waals surface area (Å²) < 4.78 is 5.45. The van der Waals surface area contributed by atoms with E-state index >= 15 is 0 Å². The maximum atomic E-state index is 11.0. The Morgan fingerprint density at radius 1 is 1.59 bits per heavy atom. The van der Waals surface area contributed by atoms with Crippen molar-refractivity contribution in [2.75, 3.05) is 0 Å². The summed E-state index contributed by atoms with van der Waals surface area (Å²) in [4.78, 5) is 11.0. The fourth-order valence-electron chi connectivity index (χ4n) is 1.36. The first-order chi connectivity index (χ1) is 8.08. The minimum Gasteiger partial charge on any atom is -0.481 e. The van der Waals surface area contributed by atoms with Crippen LogP contribution in [0.3, 0.4) is 0 Å². The molecule has 0 fully saturated rings. The van der Waals surface area contributed by atoms with Gasteiger partial charge < -0.3 is 15.7 Å². The van der Waals surface area contributed by atoms with Gasteiger partial charge in [-0.1, -0.05) is 24.2 Å². The van der Waals surface area contributed by atoms with Crippen molar-refractivity contribution in [1.29, 1.82) is 0 Å². The van der Waals surface area contributed by atoms with Gasteiger partial charge in [0.05, 0.1) is 5.71 Å².